The van der Waals surface area contributed by atoms with Crippen LogP contribution in [0.2, 0.25) is 10.0 Å². The number of halogens is 2. The fraction of sp³-hybridized carbons (Fsp3) is 0.143. The molecule has 0 radical (unpaired) electrons. The molecule has 1 N–H and O–H groups in total. The lowest BCUT2D eigenvalue weighted by Crippen LogP contribution is -2.30. The molecule has 1 heterocycles. The molecule has 7 heteroatoms. The summed E-state index contributed by atoms with van der Waals surface area (Å²) in [6.45, 7) is 0. The highest BCUT2D eigenvalue weighted by molar-refractivity contribution is 6.42. The molecule has 0 aliphatic carbocycles. The zero-order chi connectivity index (χ0) is 20.1. The highest BCUT2D eigenvalue weighted by Crippen LogP contribution is 2.29. The smallest absolute Gasteiger partial charge is 0.244 e. The Kier molecular flexibility index (Phi) is 6.39. The van der Waals surface area contributed by atoms with Crippen LogP contribution in [0.1, 0.15) is 23.0 Å². The van der Waals surface area contributed by atoms with E-state index in [1.54, 1.807) is 37.6 Å². The van der Waals surface area contributed by atoms with Crippen molar-refractivity contribution in [2.24, 2.45) is 7.05 Å². The van der Waals surface area contributed by atoms with Gasteiger partial charge in [0.2, 0.25) is 5.91 Å². The standard InChI is InChI=1S/C21H19Cl2N3O2/c1-26-13-12-24-21(26)20(15-7-3-4-9-17(15)28-2)25-18(27)11-10-14-6-5-8-16(22)19(14)23/h3-13,20H,1-2H3,(H,25,27)/b11-10+. The number of ether oxygens (including phenoxy) is 1. The van der Waals surface area contributed by atoms with Crippen LogP contribution in [-0.4, -0.2) is 22.6 Å². The summed E-state index contributed by atoms with van der Waals surface area (Å²) in [6.07, 6.45) is 6.56. The molecule has 0 bridgehead atoms. The number of methoxy groups -OCH3 is 1. The Morgan fingerprint density at radius 2 is 2.00 bits per heavy atom. The number of nitrogens with zero attached hydrogens (tertiary/aromatic N) is 2. The van der Waals surface area contributed by atoms with Gasteiger partial charge in [-0.2, -0.15) is 0 Å². The third-order valence-corrected chi connectivity index (χ3v) is 5.08. The Morgan fingerprint density at radius 3 is 2.71 bits per heavy atom. The number of carbonyl (C=O) groups excluding carboxylic acids is 1. The van der Waals surface area contributed by atoms with E-state index in [0.29, 0.717) is 27.2 Å². The van der Waals surface area contributed by atoms with Gasteiger partial charge in [-0.1, -0.05) is 53.5 Å². The number of hydrogen-bond donors (Lipinski definition) is 1. The first-order chi connectivity index (χ1) is 13.5. The van der Waals surface area contributed by atoms with Crippen molar-refractivity contribution >= 4 is 35.2 Å². The van der Waals surface area contributed by atoms with Crippen molar-refractivity contribution in [3.63, 3.8) is 0 Å². The van der Waals surface area contributed by atoms with E-state index in [1.165, 1.54) is 6.08 Å². The number of benzene rings is 2. The van der Waals surface area contributed by atoms with E-state index in [9.17, 15) is 4.79 Å². The predicted molar refractivity (Wildman–Crippen MR) is 112 cm³/mol. The number of aryl methyl sites for hydroxylation is 1. The van der Waals surface area contributed by atoms with E-state index in [2.05, 4.69) is 10.3 Å². The first-order valence-electron chi connectivity index (χ1n) is 8.54. The molecule has 0 aliphatic rings. The summed E-state index contributed by atoms with van der Waals surface area (Å²) in [5, 5.41) is 3.83. The van der Waals surface area contributed by atoms with Gasteiger partial charge in [0, 0.05) is 31.1 Å². The molecule has 1 unspecified atom stereocenters. The molecule has 2 aromatic carbocycles. The fourth-order valence-electron chi connectivity index (χ4n) is 2.85. The molecular weight excluding hydrogens is 397 g/mol. The van der Waals surface area contributed by atoms with E-state index >= 15 is 0 Å². The van der Waals surface area contributed by atoms with Gasteiger partial charge in [0.15, 0.2) is 0 Å². The molecule has 1 aromatic heterocycles. The topological polar surface area (TPSA) is 56.1 Å². The Morgan fingerprint density at radius 1 is 1.21 bits per heavy atom. The molecule has 3 rings (SSSR count). The number of imidazole rings is 1. The Bertz CT molecular complexity index is 1010. The van der Waals surface area contributed by atoms with Crippen LogP contribution >= 0.6 is 23.2 Å². The quantitative estimate of drug-likeness (QED) is 0.595. The lowest BCUT2D eigenvalue weighted by Gasteiger charge is -2.20. The van der Waals surface area contributed by atoms with Crippen molar-refractivity contribution < 1.29 is 9.53 Å². The highest BCUT2D eigenvalue weighted by atomic mass is 35.5. The average Bonchev–Trinajstić information content (AvgIpc) is 3.13. The minimum absolute atomic E-state index is 0.296. The van der Waals surface area contributed by atoms with Gasteiger partial charge in [0.05, 0.1) is 17.2 Å². The largest absolute Gasteiger partial charge is 0.496 e. The minimum atomic E-state index is -0.483. The molecule has 0 saturated carbocycles. The molecule has 0 saturated heterocycles. The van der Waals surface area contributed by atoms with Crippen LogP contribution in [-0.2, 0) is 11.8 Å². The van der Waals surface area contributed by atoms with Crippen molar-refractivity contribution in [3.8, 4) is 5.75 Å². The number of para-hydroxylation sites is 1. The fourth-order valence-corrected chi connectivity index (χ4v) is 3.22. The van der Waals surface area contributed by atoms with Gasteiger partial charge in [-0.25, -0.2) is 4.98 Å². The number of carbonyl (C=O) groups is 1. The van der Waals surface area contributed by atoms with Crippen molar-refractivity contribution in [2.75, 3.05) is 7.11 Å². The Labute approximate surface area is 173 Å². The van der Waals surface area contributed by atoms with Crippen LogP contribution in [0.25, 0.3) is 6.08 Å². The van der Waals surface area contributed by atoms with Crippen LogP contribution < -0.4 is 10.1 Å². The molecule has 5 nitrogen and oxygen atoms in total. The molecule has 0 spiro atoms. The third-order valence-electron chi connectivity index (χ3n) is 4.25. The van der Waals surface area contributed by atoms with Gasteiger partial charge < -0.3 is 14.6 Å². The van der Waals surface area contributed by atoms with Crippen LogP contribution in [0.3, 0.4) is 0 Å². The van der Waals surface area contributed by atoms with E-state index in [4.69, 9.17) is 27.9 Å². The van der Waals surface area contributed by atoms with Crippen molar-refractivity contribution in [3.05, 3.63) is 87.9 Å². The summed E-state index contributed by atoms with van der Waals surface area (Å²) in [7, 11) is 3.47. The molecule has 0 aliphatic heterocycles. The zero-order valence-corrected chi connectivity index (χ0v) is 16.9. The SMILES string of the molecule is COc1ccccc1C(NC(=O)/C=C/c1cccc(Cl)c1Cl)c1nccn1C. The summed E-state index contributed by atoms with van der Waals surface area (Å²) >= 11 is 12.2. The summed E-state index contributed by atoms with van der Waals surface area (Å²) in [5.41, 5.74) is 1.47. The first-order valence-corrected chi connectivity index (χ1v) is 9.29. The van der Waals surface area contributed by atoms with Gasteiger partial charge in [0.25, 0.3) is 0 Å². The number of hydrogen-bond acceptors (Lipinski definition) is 3. The first kappa shape index (κ1) is 20.0. The van der Waals surface area contributed by atoms with E-state index in [-0.39, 0.29) is 5.91 Å². The van der Waals surface area contributed by atoms with E-state index in [0.717, 1.165) is 5.56 Å². The summed E-state index contributed by atoms with van der Waals surface area (Å²) in [6, 6.07) is 12.3. The Balaban J connectivity index is 1.90. The molecule has 1 amide bonds. The van der Waals surface area contributed by atoms with E-state index in [1.807, 2.05) is 42.1 Å². The van der Waals surface area contributed by atoms with E-state index < -0.39 is 6.04 Å². The van der Waals surface area contributed by atoms with Gasteiger partial charge in [-0.15, -0.1) is 0 Å². The highest BCUT2D eigenvalue weighted by Gasteiger charge is 2.23. The van der Waals surface area contributed by atoms with Gasteiger partial charge >= 0.3 is 0 Å². The third kappa shape index (κ3) is 4.38. The number of rotatable bonds is 6. The molecule has 3 aromatic rings. The second-order valence-corrected chi connectivity index (χ2v) is 6.84. The lowest BCUT2D eigenvalue weighted by molar-refractivity contribution is -0.117. The summed E-state index contributed by atoms with van der Waals surface area (Å²) < 4.78 is 7.32. The monoisotopic (exact) mass is 415 g/mol. The average molecular weight is 416 g/mol. The molecule has 1 atom stereocenters. The molecular formula is C21H19Cl2N3O2. The number of amides is 1. The van der Waals surface area contributed by atoms with Gasteiger partial charge in [-0.3, -0.25) is 4.79 Å². The van der Waals surface area contributed by atoms with Crippen molar-refractivity contribution in [2.45, 2.75) is 6.04 Å². The van der Waals surface area contributed by atoms with Crippen LogP contribution in [0.4, 0.5) is 0 Å². The number of nitrogens with one attached hydrogen (secondary N) is 1. The zero-order valence-electron chi connectivity index (χ0n) is 15.4. The van der Waals surface area contributed by atoms with Gasteiger partial charge in [-0.05, 0) is 23.8 Å². The van der Waals surface area contributed by atoms with Crippen LogP contribution in [0.15, 0.2) is 60.9 Å². The van der Waals surface area contributed by atoms with Gasteiger partial charge in [0.1, 0.15) is 17.6 Å². The maximum atomic E-state index is 12.7. The lowest BCUT2D eigenvalue weighted by atomic mass is 10.0. The maximum Gasteiger partial charge on any atom is 0.244 e. The molecule has 144 valence electrons. The maximum absolute atomic E-state index is 12.7. The second-order valence-electron chi connectivity index (χ2n) is 6.06. The second kappa shape index (κ2) is 8.95. The molecule has 0 fully saturated rings. The summed E-state index contributed by atoms with van der Waals surface area (Å²) in [5.74, 6) is 1.06. The van der Waals surface area contributed by atoms with Crippen LogP contribution in [0, 0.1) is 0 Å². The van der Waals surface area contributed by atoms with Crippen molar-refractivity contribution in [1.82, 2.24) is 14.9 Å². The summed E-state index contributed by atoms with van der Waals surface area (Å²) in [4.78, 5) is 17.0. The van der Waals surface area contributed by atoms with Crippen molar-refractivity contribution in [1.29, 1.82) is 0 Å². The molecule has 28 heavy (non-hydrogen) atoms. The Hall–Kier alpha value is -2.76. The van der Waals surface area contributed by atoms with Crippen LogP contribution in [0.5, 0.6) is 5.75 Å². The predicted octanol–water partition coefficient (Wildman–Crippen LogP) is 4.65. The number of aromatic nitrogens is 2. The normalized spacial score (nSPS) is 12.1. The minimum Gasteiger partial charge on any atom is -0.496 e.